The van der Waals surface area contributed by atoms with Crippen LogP contribution in [0.4, 0.5) is 11.4 Å². The van der Waals surface area contributed by atoms with Gasteiger partial charge in [-0.2, -0.15) is 0 Å². The summed E-state index contributed by atoms with van der Waals surface area (Å²) in [5.74, 6) is 1.09. The normalized spacial score (nSPS) is 19.8. The Morgan fingerprint density at radius 2 is 1.79 bits per heavy atom. The highest BCUT2D eigenvalue weighted by molar-refractivity contribution is 6.30. The molecule has 0 aromatic heterocycles. The number of hydrogen-bond acceptors (Lipinski definition) is 3. The lowest BCUT2D eigenvalue weighted by Crippen LogP contribution is -2.34. The largest absolute Gasteiger partial charge is 0.377 e. The molecule has 0 spiro atoms. The number of anilines is 2. The number of benzene rings is 3. The first-order chi connectivity index (χ1) is 18.4. The third kappa shape index (κ3) is 6.24. The van der Waals surface area contributed by atoms with Crippen LogP contribution in [0.15, 0.2) is 66.7 Å². The van der Waals surface area contributed by atoms with Gasteiger partial charge in [-0.1, -0.05) is 67.4 Å². The molecule has 0 bridgehead atoms. The number of nitrogens with zero attached hydrogens (tertiary/aromatic N) is 1. The van der Waals surface area contributed by atoms with E-state index in [1.807, 2.05) is 32.0 Å². The molecule has 4 nitrogen and oxygen atoms in total. The molecule has 1 amide bonds. The zero-order chi connectivity index (χ0) is 26.6. The van der Waals surface area contributed by atoms with Gasteiger partial charge in [-0.25, -0.2) is 0 Å². The molecule has 2 aliphatic heterocycles. The van der Waals surface area contributed by atoms with Crippen molar-refractivity contribution in [2.75, 3.05) is 30.3 Å². The Balaban J connectivity index is 1.16. The molecule has 200 valence electrons. The topological polar surface area (TPSA) is 44.4 Å². The van der Waals surface area contributed by atoms with Crippen LogP contribution in [0.3, 0.4) is 0 Å². The number of amides is 1. The summed E-state index contributed by atoms with van der Waals surface area (Å²) in [6, 6.07) is 23.9. The number of carbonyl (C=O) groups excluding carboxylic acids is 1. The summed E-state index contributed by atoms with van der Waals surface area (Å²) in [6.45, 7) is 9.44. The molecule has 0 aliphatic carbocycles. The monoisotopic (exact) mass is 529 g/mol. The molecule has 38 heavy (non-hydrogen) atoms. The first-order valence-corrected chi connectivity index (χ1v) is 14.5. The van der Waals surface area contributed by atoms with Gasteiger partial charge in [0.2, 0.25) is 5.91 Å². The first-order valence-electron chi connectivity index (χ1n) is 14.1. The molecule has 2 aliphatic rings. The van der Waals surface area contributed by atoms with Crippen LogP contribution in [0.2, 0.25) is 5.02 Å². The van der Waals surface area contributed by atoms with Crippen LogP contribution < -0.4 is 10.6 Å². The van der Waals surface area contributed by atoms with Gasteiger partial charge in [0.15, 0.2) is 0 Å². The quantitative estimate of drug-likeness (QED) is 0.309. The molecule has 0 saturated carbocycles. The van der Waals surface area contributed by atoms with E-state index >= 15 is 0 Å². The number of nitrogens with one attached hydrogen (secondary N) is 2. The van der Waals surface area contributed by atoms with Crippen LogP contribution in [-0.2, 0) is 4.79 Å². The van der Waals surface area contributed by atoms with E-state index in [1.165, 1.54) is 47.2 Å². The van der Waals surface area contributed by atoms with E-state index < -0.39 is 0 Å². The molecular weight excluding hydrogens is 490 g/mol. The number of likely N-dealkylation sites (tertiary alicyclic amines) is 1. The molecule has 2 unspecified atom stereocenters. The van der Waals surface area contributed by atoms with Crippen molar-refractivity contribution in [2.45, 2.75) is 64.3 Å². The molecule has 3 aromatic rings. The number of carbonyl (C=O) groups is 1. The van der Waals surface area contributed by atoms with Gasteiger partial charge in [-0.3, -0.25) is 4.79 Å². The first kappa shape index (κ1) is 26.8. The summed E-state index contributed by atoms with van der Waals surface area (Å²) in [7, 11) is 0. The van der Waals surface area contributed by atoms with Crippen molar-refractivity contribution in [3.05, 3.63) is 94.0 Å². The zero-order valence-corrected chi connectivity index (χ0v) is 23.6. The smallest absolute Gasteiger partial charge is 0.226 e. The van der Waals surface area contributed by atoms with Gasteiger partial charge in [0.05, 0.1) is 6.04 Å². The third-order valence-electron chi connectivity index (χ3n) is 8.28. The van der Waals surface area contributed by atoms with Crippen molar-refractivity contribution in [1.29, 1.82) is 0 Å². The molecule has 3 aromatic carbocycles. The summed E-state index contributed by atoms with van der Waals surface area (Å²) in [6.07, 6.45) is 4.68. The average molecular weight is 530 g/mol. The number of hydrogen-bond donors (Lipinski definition) is 2. The van der Waals surface area contributed by atoms with Gasteiger partial charge in [0, 0.05) is 28.2 Å². The van der Waals surface area contributed by atoms with Crippen LogP contribution in [0.5, 0.6) is 0 Å². The second kappa shape index (κ2) is 11.9. The van der Waals surface area contributed by atoms with Gasteiger partial charge in [0.25, 0.3) is 0 Å². The Morgan fingerprint density at radius 1 is 1.03 bits per heavy atom. The number of fused-ring (bicyclic) bond motifs is 1. The molecule has 5 heteroatoms. The summed E-state index contributed by atoms with van der Waals surface area (Å²) in [5.41, 5.74) is 7.62. The lowest BCUT2D eigenvalue weighted by Gasteiger charge is -2.33. The van der Waals surface area contributed by atoms with Gasteiger partial charge in [-0.05, 0) is 105 Å². The summed E-state index contributed by atoms with van der Waals surface area (Å²) in [4.78, 5) is 14.7. The van der Waals surface area contributed by atoms with Crippen molar-refractivity contribution in [3.8, 4) is 0 Å². The summed E-state index contributed by atoms with van der Waals surface area (Å²) < 4.78 is 0. The Kier molecular flexibility index (Phi) is 8.40. The van der Waals surface area contributed by atoms with Crippen molar-refractivity contribution >= 4 is 28.9 Å². The van der Waals surface area contributed by atoms with Crippen molar-refractivity contribution < 1.29 is 4.79 Å². The Labute approximate surface area is 232 Å². The molecule has 2 heterocycles. The standard InChI is InChI=1S/C33H40ClN3O/c1-22(2)33(38)35-28-7-4-6-26(21-28)24-15-18-37(19-16-24)17-5-8-29-30-20-23(3)9-14-31(30)36-32(29)25-10-12-27(34)13-11-25/h4,6-7,9-14,20-22,24,29,32,36H,5,8,15-19H2,1-3H3,(H,35,38). The molecule has 1 saturated heterocycles. The van der Waals surface area contributed by atoms with Crippen molar-refractivity contribution in [1.82, 2.24) is 4.90 Å². The highest BCUT2D eigenvalue weighted by Gasteiger charge is 2.33. The molecule has 0 radical (unpaired) electrons. The predicted octanol–water partition coefficient (Wildman–Crippen LogP) is 8.15. The van der Waals surface area contributed by atoms with E-state index in [1.54, 1.807) is 0 Å². The Morgan fingerprint density at radius 3 is 2.53 bits per heavy atom. The lowest BCUT2D eigenvalue weighted by molar-refractivity contribution is -0.118. The van der Waals surface area contributed by atoms with Crippen molar-refractivity contribution in [2.24, 2.45) is 5.92 Å². The Bertz CT molecular complexity index is 1250. The SMILES string of the molecule is Cc1ccc2c(c1)C(CCCN1CCC(c3cccc(NC(=O)C(C)C)c3)CC1)C(c1ccc(Cl)cc1)N2. The van der Waals surface area contributed by atoms with Crippen LogP contribution in [0, 0.1) is 12.8 Å². The van der Waals surface area contributed by atoms with Crippen LogP contribution >= 0.6 is 11.6 Å². The molecule has 5 rings (SSSR count). The van der Waals surface area contributed by atoms with E-state index in [4.69, 9.17) is 11.6 Å². The minimum Gasteiger partial charge on any atom is -0.377 e. The maximum atomic E-state index is 12.1. The van der Waals surface area contributed by atoms with Crippen LogP contribution in [0.1, 0.15) is 79.7 Å². The van der Waals surface area contributed by atoms with E-state index in [9.17, 15) is 4.79 Å². The van der Waals surface area contributed by atoms with Gasteiger partial charge in [-0.15, -0.1) is 0 Å². The zero-order valence-electron chi connectivity index (χ0n) is 22.8. The number of rotatable bonds is 8. The third-order valence-corrected chi connectivity index (χ3v) is 8.53. The molecule has 1 fully saturated rings. The second-order valence-electron chi connectivity index (χ2n) is 11.4. The summed E-state index contributed by atoms with van der Waals surface area (Å²) in [5, 5.41) is 7.64. The van der Waals surface area contributed by atoms with E-state index in [-0.39, 0.29) is 11.8 Å². The highest BCUT2D eigenvalue weighted by Crippen LogP contribution is 2.47. The van der Waals surface area contributed by atoms with Crippen LogP contribution in [0.25, 0.3) is 0 Å². The van der Waals surface area contributed by atoms with Gasteiger partial charge < -0.3 is 15.5 Å². The fourth-order valence-electron chi connectivity index (χ4n) is 6.06. The molecular formula is C33H40ClN3O. The van der Waals surface area contributed by atoms with Gasteiger partial charge in [0.1, 0.15) is 0 Å². The fourth-order valence-corrected chi connectivity index (χ4v) is 6.18. The number of aryl methyl sites for hydroxylation is 1. The average Bonchev–Trinajstić information content (AvgIpc) is 3.27. The van der Waals surface area contributed by atoms with Crippen LogP contribution in [-0.4, -0.2) is 30.4 Å². The van der Waals surface area contributed by atoms with E-state index in [0.29, 0.717) is 17.9 Å². The number of halogens is 1. The fraction of sp³-hybridized carbons (Fsp3) is 0.424. The van der Waals surface area contributed by atoms with E-state index in [2.05, 4.69) is 71.0 Å². The lowest BCUT2D eigenvalue weighted by atomic mass is 9.86. The van der Waals surface area contributed by atoms with Crippen molar-refractivity contribution in [3.63, 3.8) is 0 Å². The van der Waals surface area contributed by atoms with E-state index in [0.717, 1.165) is 36.8 Å². The molecule has 2 N–H and O–H groups in total. The second-order valence-corrected chi connectivity index (χ2v) is 11.8. The predicted molar refractivity (Wildman–Crippen MR) is 159 cm³/mol. The maximum absolute atomic E-state index is 12.1. The Hall–Kier alpha value is -2.82. The number of piperidine rings is 1. The summed E-state index contributed by atoms with van der Waals surface area (Å²) >= 11 is 6.18. The molecule has 2 atom stereocenters. The maximum Gasteiger partial charge on any atom is 0.226 e. The minimum absolute atomic E-state index is 0.0131. The van der Waals surface area contributed by atoms with Gasteiger partial charge >= 0.3 is 0 Å². The minimum atomic E-state index is -0.0131. The highest BCUT2D eigenvalue weighted by atomic mass is 35.5.